The monoisotopic (exact) mass is 273 g/mol. The number of alkyl halides is 1. The van der Waals surface area contributed by atoms with E-state index >= 15 is 0 Å². The molecular formula is C14H18ClF2N. The molecule has 0 saturated carbocycles. The van der Waals surface area contributed by atoms with Gasteiger partial charge >= 0.3 is 0 Å². The highest BCUT2D eigenvalue weighted by Gasteiger charge is 2.31. The Labute approximate surface area is 112 Å². The molecule has 0 amide bonds. The van der Waals surface area contributed by atoms with Gasteiger partial charge in [-0.3, -0.25) is 0 Å². The number of rotatable bonds is 3. The van der Waals surface area contributed by atoms with Crippen molar-refractivity contribution >= 4 is 17.3 Å². The standard InChI is InChI=1S/C14H18ClF2N/c1-9(2)13-4-3-5-18(13)14-11(16)6-10(8-15)7-12(14)17/h6-7,9,13H,3-5,8H2,1-2H3. The van der Waals surface area contributed by atoms with Gasteiger partial charge in [0.05, 0.1) is 0 Å². The highest BCUT2D eigenvalue weighted by Crippen LogP contribution is 2.34. The molecule has 0 N–H and O–H groups in total. The van der Waals surface area contributed by atoms with Crippen LogP contribution in [0.5, 0.6) is 0 Å². The first-order chi connectivity index (χ1) is 8.54. The van der Waals surface area contributed by atoms with Crippen molar-refractivity contribution in [2.45, 2.75) is 38.6 Å². The Morgan fingerprint density at radius 3 is 2.44 bits per heavy atom. The molecule has 1 heterocycles. The maximum Gasteiger partial charge on any atom is 0.149 e. The van der Waals surface area contributed by atoms with Crippen LogP contribution in [-0.4, -0.2) is 12.6 Å². The van der Waals surface area contributed by atoms with Crippen molar-refractivity contribution in [2.75, 3.05) is 11.4 Å². The van der Waals surface area contributed by atoms with Crippen molar-refractivity contribution in [3.8, 4) is 0 Å². The summed E-state index contributed by atoms with van der Waals surface area (Å²) in [5.41, 5.74) is 0.593. The van der Waals surface area contributed by atoms with Gasteiger partial charge < -0.3 is 4.90 Å². The molecule has 1 aromatic rings. The van der Waals surface area contributed by atoms with Gasteiger partial charge in [0.2, 0.25) is 0 Å². The minimum Gasteiger partial charge on any atom is -0.364 e. The first kappa shape index (κ1) is 13.6. The summed E-state index contributed by atoms with van der Waals surface area (Å²) in [6.07, 6.45) is 1.98. The Kier molecular flexibility index (Phi) is 4.10. The summed E-state index contributed by atoms with van der Waals surface area (Å²) in [5.74, 6) is -0.489. The Hall–Kier alpha value is -0.830. The Bertz CT molecular complexity index is 411. The molecule has 1 nitrogen and oxygen atoms in total. The number of benzene rings is 1. The Balaban J connectivity index is 2.38. The molecule has 18 heavy (non-hydrogen) atoms. The summed E-state index contributed by atoms with van der Waals surface area (Å²) in [6, 6.07) is 2.89. The molecule has 0 aliphatic carbocycles. The van der Waals surface area contributed by atoms with Gasteiger partial charge in [-0.1, -0.05) is 13.8 Å². The second-order valence-corrected chi connectivity index (χ2v) is 5.46. The lowest BCUT2D eigenvalue weighted by molar-refractivity contribution is 0.477. The molecule has 1 saturated heterocycles. The van der Waals surface area contributed by atoms with E-state index in [9.17, 15) is 8.78 Å². The molecule has 0 aromatic heterocycles. The Morgan fingerprint density at radius 2 is 1.94 bits per heavy atom. The zero-order valence-corrected chi connectivity index (χ0v) is 11.5. The maximum absolute atomic E-state index is 14.0. The van der Waals surface area contributed by atoms with E-state index in [4.69, 9.17) is 11.6 Å². The van der Waals surface area contributed by atoms with Crippen molar-refractivity contribution in [3.05, 3.63) is 29.3 Å². The average molecular weight is 274 g/mol. The van der Waals surface area contributed by atoms with Crippen molar-refractivity contribution in [1.82, 2.24) is 0 Å². The second kappa shape index (κ2) is 5.43. The number of hydrogen-bond acceptors (Lipinski definition) is 1. The summed E-state index contributed by atoms with van der Waals surface area (Å²) in [7, 11) is 0. The predicted molar refractivity (Wildman–Crippen MR) is 71.1 cm³/mol. The van der Waals surface area contributed by atoms with Crippen LogP contribution in [-0.2, 0) is 5.88 Å². The van der Waals surface area contributed by atoms with Crippen molar-refractivity contribution < 1.29 is 8.78 Å². The minimum absolute atomic E-state index is 0.111. The van der Waals surface area contributed by atoms with Gasteiger partial charge in [-0.05, 0) is 36.5 Å². The second-order valence-electron chi connectivity index (χ2n) is 5.19. The molecule has 1 aliphatic heterocycles. The zero-order chi connectivity index (χ0) is 13.3. The number of nitrogens with zero attached hydrogens (tertiary/aromatic N) is 1. The number of hydrogen-bond donors (Lipinski definition) is 0. The van der Waals surface area contributed by atoms with Gasteiger partial charge in [-0.2, -0.15) is 0 Å². The van der Waals surface area contributed by atoms with Crippen LogP contribution >= 0.6 is 11.6 Å². The predicted octanol–water partition coefficient (Wildman–Crippen LogP) is 4.33. The minimum atomic E-state index is -0.502. The molecule has 1 unspecified atom stereocenters. The SMILES string of the molecule is CC(C)C1CCCN1c1c(F)cc(CCl)cc1F. The summed E-state index contributed by atoms with van der Waals surface area (Å²) in [4.78, 5) is 1.87. The number of anilines is 1. The molecule has 100 valence electrons. The van der Waals surface area contributed by atoms with Gasteiger partial charge in [0.25, 0.3) is 0 Å². The first-order valence-corrected chi connectivity index (χ1v) is 6.88. The molecule has 1 fully saturated rings. The van der Waals surface area contributed by atoms with E-state index in [-0.39, 0.29) is 17.6 Å². The first-order valence-electron chi connectivity index (χ1n) is 6.35. The van der Waals surface area contributed by atoms with E-state index in [1.54, 1.807) is 0 Å². The number of halogens is 3. The molecule has 4 heteroatoms. The molecule has 2 rings (SSSR count). The fourth-order valence-corrected chi connectivity index (χ4v) is 2.89. The van der Waals surface area contributed by atoms with Crippen LogP contribution in [0.25, 0.3) is 0 Å². The van der Waals surface area contributed by atoms with Gasteiger partial charge in [0, 0.05) is 18.5 Å². The quantitative estimate of drug-likeness (QED) is 0.741. The maximum atomic E-state index is 14.0. The van der Waals surface area contributed by atoms with E-state index in [0.29, 0.717) is 11.5 Å². The van der Waals surface area contributed by atoms with Gasteiger partial charge in [0.1, 0.15) is 17.3 Å². The highest BCUT2D eigenvalue weighted by atomic mass is 35.5. The van der Waals surface area contributed by atoms with Crippen LogP contribution in [0.15, 0.2) is 12.1 Å². The van der Waals surface area contributed by atoms with Crippen LogP contribution in [0.4, 0.5) is 14.5 Å². The lowest BCUT2D eigenvalue weighted by atomic mass is 10.0. The lowest BCUT2D eigenvalue weighted by Gasteiger charge is -2.30. The van der Waals surface area contributed by atoms with Crippen LogP contribution in [0.2, 0.25) is 0 Å². The average Bonchev–Trinajstić information content (AvgIpc) is 2.77. The van der Waals surface area contributed by atoms with E-state index < -0.39 is 11.6 Å². The molecule has 0 bridgehead atoms. The lowest BCUT2D eigenvalue weighted by Crippen LogP contribution is -2.34. The smallest absolute Gasteiger partial charge is 0.149 e. The summed E-state index contributed by atoms with van der Waals surface area (Å²) >= 11 is 5.62. The topological polar surface area (TPSA) is 3.24 Å². The van der Waals surface area contributed by atoms with Gasteiger partial charge in [-0.15, -0.1) is 11.6 Å². The van der Waals surface area contributed by atoms with Crippen LogP contribution in [0.3, 0.4) is 0 Å². The van der Waals surface area contributed by atoms with Crippen molar-refractivity contribution in [3.63, 3.8) is 0 Å². The van der Waals surface area contributed by atoms with Crippen molar-refractivity contribution in [2.24, 2.45) is 5.92 Å². The third kappa shape index (κ3) is 2.46. The molecule has 0 radical (unpaired) electrons. The van der Waals surface area contributed by atoms with E-state index in [1.807, 2.05) is 4.90 Å². The third-order valence-electron chi connectivity index (χ3n) is 3.59. The van der Waals surface area contributed by atoms with Gasteiger partial charge in [0.15, 0.2) is 0 Å². The van der Waals surface area contributed by atoms with Gasteiger partial charge in [-0.25, -0.2) is 8.78 Å². The molecule has 1 aliphatic rings. The van der Waals surface area contributed by atoms with Crippen LogP contribution in [0.1, 0.15) is 32.3 Å². The third-order valence-corrected chi connectivity index (χ3v) is 3.90. The molecule has 1 atom stereocenters. The fraction of sp³-hybridized carbons (Fsp3) is 0.571. The molecule has 1 aromatic carbocycles. The van der Waals surface area contributed by atoms with E-state index in [2.05, 4.69) is 13.8 Å². The normalized spacial score (nSPS) is 19.9. The van der Waals surface area contributed by atoms with E-state index in [0.717, 1.165) is 19.4 Å². The highest BCUT2D eigenvalue weighted by molar-refractivity contribution is 6.17. The van der Waals surface area contributed by atoms with Crippen molar-refractivity contribution in [1.29, 1.82) is 0 Å². The zero-order valence-electron chi connectivity index (χ0n) is 10.7. The molecule has 0 spiro atoms. The Morgan fingerprint density at radius 1 is 1.33 bits per heavy atom. The van der Waals surface area contributed by atoms with Crippen LogP contribution in [0, 0.1) is 17.6 Å². The largest absolute Gasteiger partial charge is 0.364 e. The summed E-state index contributed by atoms with van der Waals surface area (Å²) < 4.78 is 28.1. The fourth-order valence-electron chi connectivity index (χ4n) is 2.73. The summed E-state index contributed by atoms with van der Waals surface area (Å²) in [5, 5.41) is 0. The summed E-state index contributed by atoms with van der Waals surface area (Å²) in [6.45, 7) is 4.90. The van der Waals surface area contributed by atoms with E-state index in [1.165, 1.54) is 12.1 Å². The molecular weight excluding hydrogens is 256 g/mol. The van der Waals surface area contributed by atoms with Crippen LogP contribution < -0.4 is 4.90 Å².